The third-order valence-corrected chi connectivity index (χ3v) is 5.06. The molecule has 124 valence electrons. The molecule has 5 heteroatoms. The van der Waals surface area contributed by atoms with Crippen molar-refractivity contribution in [1.82, 2.24) is 4.90 Å². The molecule has 0 unspecified atom stereocenters. The van der Waals surface area contributed by atoms with Crippen LogP contribution in [0, 0.1) is 6.92 Å². The van der Waals surface area contributed by atoms with Gasteiger partial charge in [-0.05, 0) is 42.3 Å². The molecule has 2 aromatic rings. The number of thioether (sulfide) groups is 1. The molecule has 1 amide bonds. The Bertz CT molecular complexity index is 756. The van der Waals surface area contributed by atoms with Crippen molar-refractivity contribution in [2.24, 2.45) is 4.99 Å². The number of benzene rings is 2. The summed E-state index contributed by atoms with van der Waals surface area (Å²) in [5, 5.41) is 0.805. The number of nitrogens with zero attached hydrogens (tertiary/aromatic N) is 2. The first kappa shape index (κ1) is 16.6. The van der Waals surface area contributed by atoms with Gasteiger partial charge in [-0.25, -0.2) is 0 Å². The van der Waals surface area contributed by atoms with Gasteiger partial charge in [-0.15, -0.1) is 0 Å². The van der Waals surface area contributed by atoms with E-state index in [-0.39, 0.29) is 5.91 Å². The number of carbonyl (C=O) groups is 1. The fourth-order valence-electron chi connectivity index (χ4n) is 2.54. The Kier molecular flexibility index (Phi) is 5.20. The summed E-state index contributed by atoms with van der Waals surface area (Å²) in [4.78, 5) is 19.0. The van der Waals surface area contributed by atoms with Crippen LogP contribution in [0.1, 0.15) is 21.5 Å². The molecule has 0 bridgehead atoms. The summed E-state index contributed by atoms with van der Waals surface area (Å²) in [7, 11) is 1.62. The van der Waals surface area contributed by atoms with Crippen LogP contribution in [0.15, 0.2) is 53.5 Å². The zero-order chi connectivity index (χ0) is 16.9. The summed E-state index contributed by atoms with van der Waals surface area (Å²) < 4.78 is 5.14. The van der Waals surface area contributed by atoms with Crippen molar-refractivity contribution in [2.45, 2.75) is 12.7 Å². The van der Waals surface area contributed by atoms with Crippen LogP contribution in [0.5, 0.6) is 5.75 Å². The zero-order valence-corrected chi connectivity index (χ0v) is 14.7. The van der Waals surface area contributed by atoms with Gasteiger partial charge in [-0.2, -0.15) is 0 Å². The molecule has 0 saturated carbocycles. The third-order valence-electron chi connectivity index (χ3n) is 4.00. The molecule has 0 spiro atoms. The highest BCUT2D eigenvalue weighted by Crippen LogP contribution is 2.23. The minimum absolute atomic E-state index is 0.00816. The van der Waals surface area contributed by atoms with E-state index in [0.29, 0.717) is 18.7 Å². The summed E-state index contributed by atoms with van der Waals surface area (Å²) in [6.07, 6.45) is 0. The second-order valence-electron chi connectivity index (χ2n) is 5.56. The number of methoxy groups -OCH3 is 1. The monoisotopic (exact) mass is 340 g/mol. The van der Waals surface area contributed by atoms with Crippen molar-refractivity contribution in [3.63, 3.8) is 0 Å². The minimum Gasteiger partial charge on any atom is -0.497 e. The Labute approximate surface area is 146 Å². The number of aliphatic imine (C=N–C) groups is 1. The van der Waals surface area contributed by atoms with Crippen molar-refractivity contribution < 1.29 is 9.53 Å². The van der Waals surface area contributed by atoms with Gasteiger partial charge in [0, 0.05) is 17.9 Å². The van der Waals surface area contributed by atoms with Crippen LogP contribution >= 0.6 is 11.8 Å². The van der Waals surface area contributed by atoms with Crippen molar-refractivity contribution in [3.8, 4) is 5.75 Å². The number of amidine groups is 1. The van der Waals surface area contributed by atoms with Gasteiger partial charge >= 0.3 is 0 Å². The van der Waals surface area contributed by atoms with Crippen molar-refractivity contribution in [2.75, 3.05) is 20.2 Å². The van der Waals surface area contributed by atoms with E-state index in [1.54, 1.807) is 48.0 Å². The summed E-state index contributed by atoms with van der Waals surface area (Å²) in [5.41, 5.74) is 3.19. The SMILES string of the molecule is COc1ccc(C(=O)N2CCN=C2SCc2ccccc2C)cc1. The van der Waals surface area contributed by atoms with Crippen molar-refractivity contribution in [1.29, 1.82) is 0 Å². The van der Waals surface area contributed by atoms with E-state index in [1.165, 1.54) is 11.1 Å². The van der Waals surface area contributed by atoms with E-state index in [0.717, 1.165) is 16.7 Å². The second kappa shape index (κ2) is 7.53. The smallest absolute Gasteiger partial charge is 0.259 e. The van der Waals surface area contributed by atoms with Gasteiger partial charge in [0.1, 0.15) is 5.75 Å². The van der Waals surface area contributed by atoms with Gasteiger partial charge in [0.2, 0.25) is 0 Å². The van der Waals surface area contributed by atoms with Gasteiger partial charge in [0.15, 0.2) is 5.17 Å². The molecule has 0 aromatic heterocycles. The Morgan fingerprint density at radius 3 is 2.67 bits per heavy atom. The summed E-state index contributed by atoms with van der Waals surface area (Å²) in [5.74, 6) is 1.56. The van der Waals surface area contributed by atoms with E-state index in [9.17, 15) is 4.79 Å². The zero-order valence-electron chi connectivity index (χ0n) is 13.9. The topological polar surface area (TPSA) is 41.9 Å². The second-order valence-corrected chi connectivity index (χ2v) is 6.51. The minimum atomic E-state index is -0.00816. The first-order valence-electron chi connectivity index (χ1n) is 7.86. The molecular formula is C19H20N2O2S. The highest BCUT2D eigenvalue weighted by Gasteiger charge is 2.25. The lowest BCUT2D eigenvalue weighted by Gasteiger charge is -2.18. The largest absolute Gasteiger partial charge is 0.497 e. The molecule has 2 aromatic carbocycles. The Hall–Kier alpha value is -2.27. The number of hydrogen-bond donors (Lipinski definition) is 0. The van der Waals surface area contributed by atoms with E-state index in [1.807, 2.05) is 12.1 Å². The maximum absolute atomic E-state index is 12.7. The number of ether oxygens (including phenoxy) is 1. The lowest BCUT2D eigenvalue weighted by atomic mass is 10.1. The van der Waals surface area contributed by atoms with E-state index in [4.69, 9.17) is 4.74 Å². The predicted molar refractivity (Wildman–Crippen MR) is 98.8 cm³/mol. The molecule has 3 rings (SSSR count). The third kappa shape index (κ3) is 3.62. The molecular weight excluding hydrogens is 320 g/mol. The molecule has 0 saturated heterocycles. The fourth-order valence-corrected chi connectivity index (χ4v) is 3.66. The van der Waals surface area contributed by atoms with Crippen LogP contribution in [-0.2, 0) is 5.75 Å². The summed E-state index contributed by atoms with van der Waals surface area (Å²) in [6.45, 7) is 3.41. The molecule has 1 aliphatic rings. The van der Waals surface area contributed by atoms with Gasteiger partial charge in [-0.3, -0.25) is 14.7 Å². The molecule has 0 N–H and O–H groups in total. The van der Waals surface area contributed by atoms with E-state index >= 15 is 0 Å². The number of aryl methyl sites for hydroxylation is 1. The quantitative estimate of drug-likeness (QED) is 0.851. The van der Waals surface area contributed by atoms with Crippen molar-refractivity contribution >= 4 is 22.8 Å². The number of amides is 1. The molecule has 0 fully saturated rings. The molecule has 0 radical (unpaired) electrons. The average Bonchev–Trinajstić information content (AvgIpc) is 3.09. The Balaban J connectivity index is 1.68. The van der Waals surface area contributed by atoms with Crippen molar-refractivity contribution in [3.05, 3.63) is 65.2 Å². The van der Waals surface area contributed by atoms with Gasteiger partial charge in [-0.1, -0.05) is 36.0 Å². The van der Waals surface area contributed by atoms with E-state index < -0.39 is 0 Å². The van der Waals surface area contributed by atoms with Gasteiger partial charge in [0.05, 0.1) is 13.7 Å². The maximum Gasteiger partial charge on any atom is 0.259 e. The van der Waals surface area contributed by atoms with Gasteiger partial charge < -0.3 is 4.74 Å². The standard InChI is InChI=1S/C19H20N2O2S/c1-14-5-3-4-6-16(14)13-24-19-20-11-12-21(19)18(22)15-7-9-17(23-2)10-8-15/h3-10H,11-13H2,1-2H3. The number of rotatable bonds is 4. The first-order chi connectivity index (χ1) is 11.7. The molecule has 1 aliphatic heterocycles. The van der Waals surface area contributed by atoms with Crippen LogP contribution < -0.4 is 4.74 Å². The Morgan fingerprint density at radius 2 is 1.96 bits per heavy atom. The molecule has 0 atom stereocenters. The lowest BCUT2D eigenvalue weighted by molar-refractivity contribution is 0.0860. The van der Waals surface area contributed by atoms with Gasteiger partial charge in [0.25, 0.3) is 5.91 Å². The highest BCUT2D eigenvalue weighted by molar-refractivity contribution is 8.13. The lowest BCUT2D eigenvalue weighted by Crippen LogP contribution is -2.32. The summed E-state index contributed by atoms with van der Waals surface area (Å²) >= 11 is 1.62. The maximum atomic E-state index is 12.7. The average molecular weight is 340 g/mol. The fraction of sp³-hybridized carbons (Fsp3) is 0.263. The molecule has 4 nitrogen and oxygen atoms in total. The van der Waals surface area contributed by atoms with Crippen LogP contribution in [0.3, 0.4) is 0 Å². The molecule has 0 aliphatic carbocycles. The first-order valence-corrected chi connectivity index (χ1v) is 8.85. The van der Waals surface area contributed by atoms with Crippen LogP contribution in [0.2, 0.25) is 0 Å². The van der Waals surface area contributed by atoms with Crippen LogP contribution in [0.4, 0.5) is 0 Å². The van der Waals surface area contributed by atoms with Crippen LogP contribution in [-0.4, -0.2) is 36.2 Å². The summed E-state index contributed by atoms with van der Waals surface area (Å²) in [6, 6.07) is 15.5. The van der Waals surface area contributed by atoms with Crippen LogP contribution in [0.25, 0.3) is 0 Å². The molecule has 24 heavy (non-hydrogen) atoms. The number of carbonyl (C=O) groups excluding carboxylic acids is 1. The Morgan fingerprint density at radius 1 is 1.21 bits per heavy atom. The predicted octanol–water partition coefficient (Wildman–Crippen LogP) is 3.75. The van der Waals surface area contributed by atoms with E-state index in [2.05, 4.69) is 24.0 Å². The highest BCUT2D eigenvalue weighted by atomic mass is 32.2. The number of hydrogen-bond acceptors (Lipinski definition) is 4. The normalized spacial score (nSPS) is 13.8. The molecule has 1 heterocycles.